The second-order valence-electron chi connectivity index (χ2n) is 5.16. The van der Waals surface area contributed by atoms with Crippen molar-refractivity contribution in [1.29, 1.82) is 0 Å². The highest BCUT2D eigenvalue weighted by atomic mass is 19.1. The van der Waals surface area contributed by atoms with Crippen molar-refractivity contribution in [3.05, 3.63) is 35.6 Å². The molecule has 0 spiro atoms. The highest BCUT2D eigenvalue weighted by molar-refractivity contribution is 5.83. The van der Waals surface area contributed by atoms with Crippen LogP contribution in [0.25, 0.3) is 0 Å². The Morgan fingerprint density at radius 2 is 1.91 bits per heavy atom. The summed E-state index contributed by atoms with van der Waals surface area (Å²) in [7, 11) is 1.30. The molecule has 0 aliphatic rings. The first kappa shape index (κ1) is 17.9. The lowest BCUT2D eigenvalue weighted by atomic mass is 9.99. The normalized spacial score (nSPS) is 13.1. The third-order valence-electron chi connectivity index (χ3n) is 3.57. The third-order valence-corrected chi connectivity index (χ3v) is 3.57. The molecule has 0 heterocycles. The Bertz CT molecular complexity index is 491. The fourth-order valence-electron chi connectivity index (χ4n) is 1.96. The number of halogens is 1. The molecule has 22 heavy (non-hydrogen) atoms. The van der Waals surface area contributed by atoms with Crippen LogP contribution in [0.15, 0.2) is 24.3 Å². The minimum absolute atomic E-state index is 0.0182. The molecule has 1 rings (SSSR count). The van der Waals surface area contributed by atoms with E-state index >= 15 is 0 Å². The number of rotatable bonds is 7. The number of benzene rings is 1. The fraction of sp³-hybridized carbons (Fsp3) is 0.500. The van der Waals surface area contributed by atoms with E-state index in [0.29, 0.717) is 13.0 Å². The van der Waals surface area contributed by atoms with Gasteiger partial charge in [-0.05, 0) is 30.0 Å². The zero-order valence-electron chi connectivity index (χ0n) is 13.2. The van der Waals surface area contributed by atoms with Gasteiger partial charge in [0.2, 0.25) is 0 Å². The summed E-state index contributed by atoms with van der Waals surface area (Å²) in [5.41, 5.74) is 0.924. The van der Waals surface area contributed by atoms with Crippen LogP contribution >= 0.6 is 0 Å². The lowest BCUT2D eigenvalue weighted by Gasteiger charge is -2.22. The van der Waals surface area contributed by atoms with Crippen LogP contribution < -0.4 is 10.6 Å². The number of carbonyl (C=O) groups excluding carboxylic acids is 2. The highest BCUT2D eigenvalue weighted by Gasteiger charge is 2.26. The number of carbonyl (C=O) groups is 2. The van der Waals surface area contributed by atoms with Gasteiger partial charge in [0.1, 0.15) is 11.9 Å². The predicted octanol–water partition coefficient (Wildman–Crippen LogP) is 2.26. The summed E-state index contributed by atoms with van der Waals surface area (Å²) in [4.78, 5) is 23.5. The molecule has 0 saturated carbocycles. The largest absolute Gasteiger partial charge is 0.467 e. The molecule has 0 aliphatic carbocycles. The maximum Gasteiger partial charge on any atom is 0.328 e. The van der Waals surface area contributed by atoms with E-state index in [1.54, 1.807) is 12.1 Å². The molecule has 122 valence electrons. The van der Waals surface area contributed by atoms with Gasteiger partial charge in [-0.15, -0.1) is 0 Å². The van der Waals surface area contributed by atoms with Gasteiger partial charge >= 0.3 is 12.0 Å². The standard InChI is InChI=1S/C16H23FN2O3/c1-4-11(2)14(15(20)22-3)19-16(21)18-10-9-12-5-7-13(17)8-6-12/h5-8,11,14H,4,9-10H2,1-3H3,(H2,18,19,21)/t11-,14+/m1/s1. The molecule has 0 aliphatic heterocycles. The third kappa shape index (κ3) is 5.71. The average molecular weight is 310 g/mol. The molecular formula is C16H23FN2O3. The van der Waals surface area contributed by atoms with Gasteiger partial charge in [-0.3, -0.25) is 0 Å². The van der Waals surface area contributed by atoms with Gasteiger partial charge in [-0.2, -0.15) is 0 Å². The molecule has 6 heteroatoms. The number of esters is 1. The summed E-state index contributed by atoms with van der Waals surface area (Å²) in [5, 5.41) is 5.31. The van der Waals surface area contributed by atoms with Gasteiger partial charge in [0.25, 0.3) is 0 Å². The maximum atomic E-state index is 12.8. The first-order valence-electron chi connectivity index (χ1n) is 7.34. The van der Waals surface area contributed by atoms with Crippen LogP contribution in [0.2, 0.25) is 0 Å². The molecule has 0 unspecified atom stereocenters. The van der Waals surface area contributed by atoms with E-state index in [1.165, 1.54) is 19.2 Å². The van der Waals surface area contributed by atoms with Crippen LogP contribution in [-0.4, -0.2) is 31.7 Å². The number of hydrogen-bond acceptors (Lipinski definition) is 3. The summed E-state index contributed by atoms with van der Waals surface area (Å²) in [5.74, 6) is -0.762. The predicted molar refractivity (Wildman–Crippen MR) is 81.9 cm³/mol. The highest BCUT2D eigenvalue weighted by Crippen LogP contribution is 2.09. The van der Waals surface area contributed by atoms with Gasteiger partial charge in [0.05, 0.1) is 7.11 Å². The Balaban J connectivity index is 2.43. The van der Waals surface area contributed by atoms with Crippen molar-refractivity contribution in [2.75, 3.05) is 13.7 Å². The Kier molecular flexibility index (Phi) is 7.36. The molecule has 0 fully saturated rings. The minimum atomic E-state index is -0.666. The van der Waals surface area contributed by atoms with E-state index in [0.717, 1.165) is 12.0 Å². The van der Waals surface area contributed by atoms with Gasteiger partial charge < -0.3 is 15.4 Å². The summed E-state index contributed by atoms with van der Waals surface area (Å²) in [6, 6.07) is 5.02. The summed E-state index contributed by atoms with van der Waals surface area (Å²) in [6.45, 7) is 4.21. The first-order chi connectivity index (χ1) is 10.5. The molecule has 0 bridgehead atoms. The molecule has 1 aromatic carbocycles. The number of amides is 2. The van der Waals surface area contributed by atoms with Gasteiger partial charge in [-0.25, -0.2) is 14.0 Å². The number of hydrogen-bond donors (Lipinski definition) is 2. The van der Waals surface area contributed by atoms with Gasteiger partial charge in [-0.1, -0.05) is 32.4 Å². The van der Waals surface area contributed by atoms with Gasteiger partial charge in [0.15, 0.2) is 0 Å². The average Bonchev–Trinajstić information content (AvgIpc) is 2.53. The van der Waals surface area contributed by atoms with Crippen LogP contribution in [0.1, 0.15) is 25.8 Å². The summed E-state index contributed by atoms with van der Waals surface area (Å²) in [6.07, 6.45) is 1.33. The van der Waals surface area contributed by atoms with Crippen molar-refractivity contribution in [2.24, 2.45) is 5.92 Å². The van der Waals surface area contributed by atoms with Crippen molar-refractivity contribution in [1.82, 2.24) is 10.6 Å². The fourth-order valence-corrected chi connectivity index (χ4v) is 1.96. The van der Waals surface area contributed by atoms with E-state index in [4.69, 9.17) is 4.74 Å². The topological polar surface area (TPSA) is 67.4 Å². The zero-order valence-corrected chi connectivity index (χ0v) is 13.2. The molecule has 0 saturated heterocycles. The Hall–Kier alpha value is -2.11. The lowest BCUT2D eigenvalue weighted by molar-refractivity contribution is -0.144. The smallest absolute Gasteiger partial charge is 0.328 e. The molecule has 0 radical (unpaired) electrons. The maximum absolute atomic E-state index is 12.8. The zero-order chi connectivity index (χ0) is 16.5. The van der Waals surface area contributed by atoms with Crippen LogP contribution in [0.5, 0.6) is 0 Å². The Labute approximate surface area is 130 Å². The van der Waals surface area contributed by atoms with Crippen molar-refractivity contribution < 1.29 is 18.7 Å². The SMILES string of the molecule is CC[C@@H](C)[C@H](NC(=O)NCCc1ccc(F)cc1)C(=O)OC. The number of methoxy groups -OCH3 is 1. The monoisotopic (exact) mass is 310 g/mol. The quantitative estimate of drug-likeness (QED) is 0.759. The second-order valence-corrected chi connectivity index (χ2v) is 5.16. The number of nitrogens with one attached hydrogen (secondary N) is 2. The lowest BCUT2D eigenvalue weighted by Crippen LogP contribution is -2.49. The molecule has 2 amide bonds. The van der Waals surface area contributed by atoms with Crippen molar-refractivity contribution in [3.63, 3.8) is 0 Å². The Morgan fingerprint density at radius 1 is 1.27 bits per heavy atom. The van der Waals surface area contributed by atoms with E-state index in [9.17, 15) is 14.0 Å². The molecule has 2 atom stereocenters. The van der Waals surface area contributed by atoms with Crippen LogP contribution in [0, 0.1) is 11.7 Å². The molecular weight excluding hydrogens is 287 g/mol. The first-order valence-corrected chi connectivity index (χ1v) is 7.34. The van der Waals surface area contributed by atoms with Crippen LogP contribution in [0.3, 0.4) is 0 Å². The van der Waals surface area contributed by atoms with E-state index in [-0.39, 0.29) is 11.7 Å². The summed E-state index contributed by atoms with van der Waals surface area (Å²) >= 11 is 0. The number of urea groups is 1. The molecule has 1 aromatic rings. The number of ether oxygens (including phenoxy) is 1. The van der Waals surface area contributed by atoms with Crippen molar-refractivity contribution >= 4 is 12.0 Å². The van der Waals surface area contributed by atoms with E-state index in [1.807, 2.05) is 13.8 Å². The van der Waals surface area contributed by atoms with Gasteiger partial charge in [0, 0.05) is 6.54 Å². The molecule has 0 aromatic heterocycles. The minimum Gasteiger partial charge on any atom is -0.467 e. The molecule has 2 N–H and O–H groups in total. The van der Waals surface area contributed by atoms with Crippen LogP contribution in [-0.2, 0) is 16.0 Å². The summed E-state index contributed by atoms with van der Waals surface area (Å²) < 4.78 is 17.5. The van der Waals surface area contributed by atoms with Crippen LogP contribution in [0.4, 0.5) is 9.18 Å². The van der Waals surface area contributed by atoms with Crippen molar-refractivity contribution in [2.45, 2.75) is 32.7 Å². The molecule has 5 nitrogen and oxygen atoms in total. The van der Waals surface area contributed by atoms with Crippen molar-refractivity contribution in [3.8, 4) is 0 Å². The van der Waals surface area contributed by atoms with E-state index in [2.05, 4.69) is 10.6 Å². The second kappa shape index (κ2) is 9.02. The van der Waals surface area contributed by atoms with E-state index < -0.39 is 18.0 Å². The Morgan fingerprint density at radius 3 is 2.45 bits per heavy atom.